The monoisotopic (exact) mass is 227 g/mol. The molecule has 0 spiro atoms. The lowest BCUT2D eigenvalue weighted by Gasteiger charge is -2.29. The van der Waals surface area contributed by atoms with Gasteiger partial charge in [-0.15, -0.1) is 0 Å². The zero-order valence-corrected chi connectivity index (χ0v) is 10.8. The van der Waals surface area contributed by atoms with Crippen molar-refractivity contribution in [3.05, 3.63) is 0 Å². The maximum absolute atomic E-state index is 12.1. The van der Waals surface area contributed by atoms with Crippen molar-refractivity contribution in [2.45, 2.75) is 52.1 Å². The molecular formula is C13H25NO2. The number of carbonyl (C=O) groups excluding carboxylic acids is 1. The molecule has 1 unspecified atom stereocenters. The molecule has 0 aromatic rings. The van der Waals surface area contributed by atoms with Gasteiger partial charge >= 0.3 is 0 Å². The van der Waals surface area contributed by atoms with Crippen LogP contribution in [0.5, 0.6) is 0 Å². The highest BCUT2D eigenvalue weighted by Gasteiger charge is 2.26. The smallest absolute Gasteiger partial charge is 0.225 e. The normalized spacial score (nSPS) is 27.5. The molecule has 94 valence electrons. The number of hydrogen-bond donors (Lipinski definition) is 1. The zero-order chi connectivity index (χ0) is 12.1. The summed E-state index contributed by atoms with van der Waals surface area (Å²) in [6.45, 7) is 4.70. The van der Waals surface area contributed by atoms with Gasteiger partial charge in [-0.05, 0) is 44.9 Å². The topological polar surface area (TPSA) is 40.5 Å². The molecule has 3 heteroatoms. The molecule has 16 heavy (non-hydrogen) atoms. The lowest BCUT2D eigenvalue weighted by atomic mass is 9.82. The second-order valence-electron chi connectivity index (χ2n) is 5.35. The van der Waals surface area contributed by atoms with Gasteiger partial charge in [0.05, 0.1) is 6.10 Å². The van der Waals surface area contributed by atoms with Crippen molar-refractivity contribution in [2.75, 3.05) is 13.6 Å². The van der Waals surface area contributed by atoms with E-state index in [1.807, 2.05) is 7.05 Å². The average molecular weight is 227 g/mol. The minimum Gasteiger partial charge on any atom is -0.393 e. The molecular weight excluding hydrogens is 202 g/mol. The molecule has 0 heterocycles. The Morgan fingerprint density at radius 1 is 1.38 bits per heavy atom. The Hall–Kier alpha value is -0.570. The third kappa shape index (κ3) is 4.12. The predicted molar refractivity (Wildman–Crippen MR) is 65.1 cm³/mol. The Kier molecular flexibility index (Phi) is 5.26. The summed E-state index contributed by atoms with van der Waals surface area (Å²) in [5.74, 6) is 1.29. The standard InChI is InChI=1S/C13H25NO2/c1-10-4-6-12(7-5-10)13(16)14(3)9-8-11(2)15/h10-12,15H,4-9H2,1-3H3. The summed E-state index contributed by atoms with van der Waals surface area (Å²) >= 11 is 0. The van der Waals surface area contributed by atoms with Crippen LogP contribution in [-0.4, -0.2) is 35.6 Å². The Bertz CT molecular complexity index is 220. The van der Waals surface area contributed by atoms with E-state index in [1.54, 1.807) is 11.8 Å². The van der Waals surface area contributed by atoms with E-state index >= 15 is 0 Å². The van der Waals surface area contributed by atoms with E-state index in [0.717, 1.165) is 18.8 Å². The first kappa shape index (κ1) is 13.5. The van der Waals surface area contributed by atoms with Gasteiger partial charge in [-0.1, -0.05) is 6.92 Å². The summed E-state index contributed by atoms with van der Waals surface area (Å²) in [4.78, 5) is 13.8. The van der Waals surface area contributed by atoms with Crippen molar-refractivity contribution in [3.8, 4) is 0 Å². The largest absolute Gasteiger partial charge is 0.393 e. The molecule has 1 amide bonds. The number of aliphatic hydroxyl groups excluding tert-OH is 1. The van der Waals surface area contributed by atoms with Crippen LogP contribution in [-0.2, 0) is 4.79 Å². The van der Waals surface area contributed by atoms with Crippen molar-refractivity contribution < 1.29 is 9.90 Å². The van der Waals surface area contributed by atoms with Crippen LogP contribution in [0.3, 0.4) is 0 Å². The van der Waals surface area contributed by atoms with Gasteiger partial charge in [0.1, 0.15) is 0 Å². The fourth-order valence-corrected chi connectivity index (χ4v) is 2.31. The Balaban J connectivity index is 2.32. The summed E-state index contributed by atoms with van der Waals surface area (Å²) in [5.41, 5.74) is 0. The zero-order valence-electron chi connectivity index (χ0n) is 10.8. The molecule has 0 radical (unpaired) electrons. The first-order valence-electron chi connectivity index (χ1n) is 6.43. The van der Waals surface area contributed by atoms with Crippen LogP contribution in [0.15, 0.2) is 0 Å². The van der Waals surface area contributed by atoms with Crippen molar-refractivity contribution in [1.29, 1.82) is 0 Å². The lowest BCUT2D eigenvalue weighted by Crippen LogP contribution is -2.36. The Morgan fingerprint density at radius 3 is 2.44 bits per heavy atom. The van der Waals surface area contributed by atoms with Gasteiger partial charge in [-0.3, -0.25) is 4.79 Å². The average Bonchev–Trinajstić information content (AvgIpc) is 2.26. The quantitative estimate of drug-likeness (QED) is 0.798. The molecule has 0 aliphatic heterocycles. The Labute approximate surface area is 98.8 Å². The molecule has 1 fully saturated rings. The van der Waals surface area contributed by atoms with Gasteiger partial charge in [0.2, 0.25) is 5.91 Å². The minimum atomic E-state index is -0.318. The highest BCUT2D eigenvalue weighted by atomic mass is 16.3. The fourth-order valence-electron chi connectivity index (χ4n) is 2.31. The number of rotatable bonds is 4. The molecule has 1 atom stereocenters. The highest BCUT2D eigenvalue weighted by molar-refractivity contribution is 5.78. The molecule has 0 saturated heterocycles. The lowest BCUT2D eigenvalue weighted by molar-refractivity contribution is -0.135. The van der Waals surface area contributed by atoms with Crippen molar-refractivity contribution in [2.24, 2.45) is 11.8 Å². The van der Waals surface area contributed by atoms with Gasteiger partial charge in [0.25, 0.3) is 0 Å². The summed E-state index contributed by atoms with van der Waals surface area (Å²) in [6, 6.07) is 0. The van der Waals surface area contributed by atoms with E-state index in [4.69, 9.17) is 0 Å². The van der Waals surface area contributed by atoms with E-state index in [-0.39, 0.29) is 17.9 Å². The molecule has 0 aromatic carbocycles. The second-order valence-corrected chi connectivity index (χ2v) is 5.35. The molecule has 1 saturated carbocycles. The maximum Gasteiger partial charge on any atom is 0.225 e. The van der Waals surface area contributed by atoms with Crippen molar-refractivity contribution >= 4 is 5.91 Å². The highest BCUT2D eigenvalue weighted by Crippen LogP contribution is 2.29. The van der Waals surface area contributed by atoms with Crippen LogP contribution in [0.1, 0.15) is 46.0 Å². The predicted octanol–water partition coefficient (Wildman–Crippen LogP) is 2.04. The van der Waals surface area contributed by atoms with Crippen LogP contribution < -0.4 is 0 Å². The number of amides is 1. The van der Waals surface area contributed by atoms with Crippen molar-refractivity contribution in [3.63, 3.8) is 0 Å². The minimum absolute atomic E-state index is 0.232. The van der Waals surface area contributed by atoms with Gasteiger partial charge in [0.15, 0.2) is 0 Å². The third-order valence-electron chi connectivity index (χ3n) is 3.62. The third-order valence-corrected chi connectivity index (χ3v) is 3.62. The molecule has 3 nitrogen and oxygen atoms in total. The number of hydrogen-bond acceptors (Lipinski definition) is 2. The molecule has 1 rings (SSSR count). The van der Waals surface area contributed by atoms with E-state index in [1.165, 1.54) is 12.8 Å². The molecule has 0 aromatic heterocycles. The van der Waals surface area contributed by atoms with E-state index in [0.29, 0.717) is 13.0 Å². The van der Waals surface area contributed by atoms with Crippen LogP contribution in [0.25, 0.3) is 0 Å². The summed E-state index contributed by atoms with van der Waals surface area (Å²) in [7, 11) is 1.85. The van der Waals surface area contributed by atoms with E-state index in [9.17, 15) is 9.90 Å². The molecule has 1 aliphatic rings. The maximum atomic E-state index is 12.1. The summed E-state index contributed by atoms with van der Waals surface area (Å²) < 4.78 is 0. The number of aliphatic hydroxyl groups is 1. The van der Waals surface area contributed by atoms with Crippen molar-refractivity contribution in [1.82, 2.24) is 4.90 Å². The summed E-state index contributed by atoms with van der Waals surface area (Å²) in [6.07, 6.45) is 4.80. The van der Waals surface area contributed by atoms with Gasteiger partial charge in [0, 0.05) is 19.5 Å². The first-order chi connectivity index (χ1) is 7.50. The van der Waals surface area contributed by atoms with E-state index in [2.05, 4.69) is 6.92 Å². The summed E-state index contributed by atoms with van der Waals surface area (Å²) in [5, 5.41) is 9.19. The van der Waals surface area contributed by atoms with E-state index < -0.39 is 0 Å². The van der Waals surface area contributed by atoms with Gasteiger partial charge < -0.3 is 10.0 Å². The number of carbonyl (C=O) groups is 1. The number of nitrogens with zero attached hydrogens (tertiary/aromatic N) is 1. The van der Waals surface area contributed by atoms with Gasteiger partial charge in [-0.2, -0.15) is 0 Å². The molecule has 1 N–H and O–H groups in total. The van der Waals surface area contributed by atoms with Gasteiger partial charge in [-0.25, -0.2) is 0 Å². The van der Waals surface area contributed by atoms with Crippen LogP contribution in [0.2, 0.25) is 0 Å². The van der Waals surface area contributed by atoms with Crippen LogP contribution in [0, 0.1) is 11.8 Å². The fraction of sp³-hybridized carbons (Fsp3) is 0.923. The second kappa shape index (κ2) is 6.24. The SMILES string of the molecule is CC(O)CCN(C)C(=O)C1CCC(C)CC1. The van der Waals surface area contributed by atoms with Crippen LogP contribution >= 0.6 is 0 Å². The first-order valence-corrected chi connectivity index (χ1v) is 6.43. The molecule has 1 aliphatic carbocycles. The Morgan fingerprint density at radius 2 is 1.94 bits per heavy atom. The van der Waals surface area contributed by atoms with Crippen LogP contribution in [0.4, 0.5) is 0 Å². The molecule has 0 bridgehead atoms.